The van der Waals surface area contributed by atoms with Crippen LogP contribution in [0, 0.1) is 12.8 Å². The average Bonchev–Trinajstić information content (AvgIpc) is 1.61. The molecule has 2 radical (unpaired) electrons. The van der Waals surface area contributed by atoms with E-state index in [-0.39, 0.29) is 0 Å². The van der Waals surface area contributed by atoms with Crippen LogP contribution in [0.2, 0.25) is 0 Å². The maximum Gasteiger partial charge on any atom is 0.160 e. The van der Waals surface area contributed by atoms with E-state index in [1.54, 1.807) is 0 Å². The number of ether oxygens (including phenoxy) is 1. The second-order valence-corrected chi connectivity index (χ2v) is 0.681. The van der Waals surface area contributed by atoms with Crippen molar-refractivity contribution in [3.63, 3.8) is 0 Å². The van der Waals surface area contributed by atoms with Gasteiger partial charge in [-0.05, 0) is 6.08 Å². The zero-order valence-electron chi connectivity index (χ0n) is 3.64. The zero-order chi connectivity index (χ0) is 4.83. The Morgan fingerprint density at radius 3 is 2.67 bits per heavy atom. The average molecular weight is 82.1 g/mol. The van der Waals surface area contributed by atoms with Crippen molar-refractivity contribution < 1.29 is 4.74 Å². The van der Waals surface area contributed by atoms with Gasteiger partial charge in [0.05, 0.1) is 7.11 Å². The highest BCUT2D eigenvalue weighted by Crippen LogP contribution is 1.67. The Hall–Kier alpha value is -0.720. The first-order chi connectivity index (χ1) is 2.91. The summed E-state index contributed by atoms with van der Waals surface area (Å²) in [7, 11) is 1.51. The third kappa shape index (κ3) is 3.28. The molecule has 0 rings (SSSR count). The van der Waals surface area contributed by atoms with Crippen LogP contribution in [0.1, 0.15) is 0 Å². The topological polar surface area (TPSA) is 9.23 Å². The molecule has 0 unspecified atom stereocenters. The molecule has 0 amide bonds. The van der Waals surface area contributed by atoms with Crippen molar-refractivity contribution in [1.29, 1.82) is 0 Å². The summed E-state index contributed by atoms with van der Waals surface area (Å²) in [4.78, 5) is 0. The quantitative estimate of drug-likeness (QED) is 0.356. The maximum atomic E-state index is 4.89. The predicted octanol–water partition coefficient (Wildman–Crippen LogP) is 0.939. The lowest BCUT2D eigenvalue weighted by Gasteiger charge is -1.75. The monoisotopic (exact) mass is 82.0 g/mol. The SMILES string of the molecule is [CH]=C/C=[C]/OC. The van der Waals surface area contributed by atoms with Gasteiger partial charge in [0.2, 0.25) is 0 Å². The molecule has 0 saturated carbocycles. The highest BCUT2D eigenvalue weighted by atomic mass is 16.5. The molecular weight excluding hydrogens is 76.1 g/mol. The van der Waals surface area contributed by atoms with E-state index >= 15 is 0 Å². The normalized spacial score (nSPS) is 8.83. The standard InChI is InChI=1S/C5H6O/c1-3-4-5-6-2/h1,3-4H,2H3. The minimum absolute atomic E-state index is 1.35. The second kappa shape index (κ2) is 4.28. The molecule has 0 saturated heterocycles. The van der Waals surface area contributed by atoms with Gasteiger partial charge in [0.15, 0.2) is 6.26 Å². The molecule has 1 nitrogen and oxygen atoms in total. The number of allylic oxidation sites excluding steroid dienone is 2. The molecule has 0 aliphatic rings. The summed E-state index contributed by atoms with van der Waals surface area (Å²) in [6.45, 7) is 4.89. The van der Waals surface area contributed by atoms with E-state index < -0.39 is 0 Å². The molecule has 0 aliphatic carbocycles. The minimum atomic E-state index is 1.35. The van der Waals surface area contributed by atoms with Gasteiger partial charge in [0.1, 0.15) is 0 Å². The zero-order valence-corrected chi connectivity index (χ0v) is 3.64. The van der Waals surface area contributed by atoms with Crippen molar-refractivity contribution in [2.24, 2.45) is 0 Å². The number of hydrogen-bond acceptors (Lipinski definition) is 1. The molecule has 0 fully saturated rings. The summed E-state index contributed by atoms with van der Waals surface area (Å²) in [5.74, 6) is 0. The van der Waals surface area contributed by atoms with Crippen molar-refractivity contribution in [3.05, 3.63) is 25.0 Å². The molecule has 0 atom stereocenters. The molecule has 0 bridgehead atoms. The van der Waals surface area contributed by atoms with E-state index in [4.69, 9.17) is 6.58 Å². The van der Waals surface area contributed by atoms with Gasteiger partial charge in [0.25, 0.3) is 0 Å². The first-order valence-corrected chi connectivity index (χ1v) is 1.57. The second-order valence-electron chi connectivity index (χ2n) is 0.681. The van der Waals surface area contributed by atoms with Crippen LogP contribution in [0.15, 0.2) is 12.2 Å². The summed E-state index contributed by atoms with van der Waals surface area (Å²) < 4.78 is 4.37. The first-order valence-electron chi connectivity index (χ1n) is 1.57. The van der Waals surface area contributed by atoms with Crippen molar-refractivity contribution >= 4 is 0 Å². The van der Waals surface area contributed by atoms with Crippen LogP contribution in [0.3, 0.4) is 0 Å². The Bertz CT molecular complexity index is 55.0. The van der Waals surface area contributed by atoms with Gasteiger partial charge in [-0.25, -0.2) is 0 Å². The fraction of sp³-hybridized carbons (Fsp3) is 0.200. The molecule has 0 aromatic heterocycles. The maximum absolute atomic E-state index is 4.89. The van der Waals surface area contributed by atoms with E-state index in [9.17, 15) is 0 Å². The van der Waals surface area contributed by atoms with Crippen LogP contribution in [-0.2, 0) is 4.74 Å². The van der Waals surface area contributed by atoms with Gasteiger partial charge in [0, 0.05) is 0 Å². The van der Waals surface area contributed by atoms with Crippen molar-refractivity contribution in [3.8, 4) is 0 Å². The fourth-order valence-corrected chi connectivity index (χ4v) is 0.107. The molecule has 0 heterocycles. The number of methoxy groups -OCH3 is 1. The molecule has 0 N–H and O–H groups in total. The predicted molar refractivity (Wildman–Crippen MR) is 23.7 cm³/mol. The van der Waals surface area contributed by atoms with Crippen LogP contribution in [0.4, 0.5) is 0 Å². The molecule has 0 spiro atoms. The summed E-state index contributed by atoms with van der Waals surface area (Å²) in [5, 5.41) is 0. The van der Waals surface area contributed by atoms with Crippen molar-refractivity contribution in [1.82, 2.24) is 0 Å². The lowest BCUT2D eigenvalue weighted by atomic mass is 10.6. The summed E-state index contributed by atoms with van der Waals surface area (Å²) in [6, 6.07) is 0. The lowest BCUT2D eigenvalue weighted by molar-refractivity contribution is 0.313. The fourth-order valence-electron chi connectivity index (χ4n) is 0.107. The third-order valence-electron chi connectivity index (χ3n) is 0.282. The molecule has 0 aliphatic heterocycles. The first kappa shape index (κ1) is 5.28. The van der Waals surface area contributed by atoms with Crippen LogP contribution < -0.4 is 0 Å². The lowest BCUT2D eigenvalue weighted by Crippen LogP contribution is -1.60. The van der Waals surface area contributed by atoms with E-state index in [0.717, 1.165) is 0 Å². The van der Waals surface area contributed by atoms with Crippen molar-refractivity contribution in [2.75, 3.05) is 7.11 Å². The van der Waals surface area contributed by atoms with Gasteiger partial charge in [-0.3, -0.25) is 0 Å². The Kier molecular flexibility index (Phi) is 3.77. The third-order valence-corrected chi connectivity index (χ3v) is 0.282. The molecule has 0 aromatic carbocycles. The number of hydrogen-bond donors (Lipinski definition) is 0. The molecule has 6 heavy (non-hydrogen) atoms. The van der Waals surface area contributed by atoms with Crippen LogP contribution in [-0.4, -0.2) is 7.11 Å². The minimum Gasteiger partial charge on any atom is -0.493 e. The van der Waals surface area contributed by atoms with Crippen LogP contribution in [0.25, 0.3) is 0 Å². The Labute approximate surface area is 37.9 Å². The van der Waals surface area contributed by atoms with E-state index in [1.807, 2.05) is 0 Å². The number of rotatable bonds is 2. The Balaban J connectivity index is 2.94. The largest absolute Gasteiger partial charge is 0.493 e. The van der Waals surface area contributed by atoms with Gasteiger partial charge in [-0.15, -0.1) is 0 Å². The smallest absolute Gasteiger partial charge is 0.160 e. The highest BCUT2D eigenvalue weighted by molar-refractivity contribution is 4.86. The van der Waals surface area contributed by atoms with Gasteiger partial charge in [-0.2, -0.15) is 0 Å². The van der Waals surface area contributed by atoms with Gasteiger partial charge < -0.3 is 4.74 Å². The summed E-state index contributed by atoms with van der Waals surface area (Å²) >= 11 is 0. The Morgan fingerprint density at radius 1 is 1.83 bits per heavy atom. The van der Waals surface area contributed by atoms with Gasteiger partial charge in [-0.1, -0.05) is 12.7 Å². The molecule has 32 valence electrons. The van der Waals surface area contributed by atoms with Gasteiger partial charge >= 0.3 is 0 Å². The molecular formula is C5H6O. The Morgan fingerprint density at radius 2 is 2.50 bits per heavy atom. The van der Waals surface area contributed by atoms with Crippen LogP contribution >= 0.6 is 0 Å². The van der Waals surface area contributed by atoms with Crippen LogP contribution in [0.5, 0.6) is 0 Å². The van der Waals surface area contributed by atoms with E-state index in [0.29, 0.717) is 0 Å². The summed E-state index contributed by atoms with van der Waals surface area (Å²) in [5.41, 5.74) is 0. The van der Waals surface area contributed by atoms with Crippen molar-refractivity contribution in [2.45, 2.75) is 0 Å². The molecule has 1 heteroatoms. The van der Waals surface area contributed by atoms with E-state index in [1.165, 1.54) is 19.3 Å². The highest BCUT2D eigenvalue weighted by Gasteiger charge is 1.54. The molecule has 0 aromatic rings. The summed E-state index contributed by atoms with van der Waals surface area (Å²) in [6.07, 6.45) is 5.23. The van der Waals surface area contributed by atoms with E-state index in [2.05, 4.69) is 11.0 Å².